The van der Waals surface area contributed by atoms with Crippen LogP contribution >= 0.6 is 0 Å². The molecule has 2 atom stereocenters. The molecule has 0 bridgehead atoms. The second kappa shape index (κ2) is 5.80. The molecule has 0 aliphatic heterocycles. The summed E-state index contributed by atoms with van der Waals surface area (Å²) in [7, 11) is 0. The van der Waals surface area contributed by atoms with Gasteiger partial charge in [0.05, 0.1) is 6.10 Å². The van der Waals surface area contributed by atoms with Gasteiger partial charge in [0.25, 0.3) is 0 Å². The molecule has 20 heavy (non-hydrogen) atoms. The third-order valence-corrected chi connectivity index (χ3v) is 4.44. The summed E-state index contributed by atoms with van der Waals surface area (Å²) in [6, 6.07) is 19.0. The van der Waals surface area contributed by atoms with Crippen molar-refractivity contribution in [3.8, 4) is 0 Å². The second-order valence-electron chi connectivity index (χ2n) is 6.05. The molecule has 2 aromatic carbocycles. The van der Waals surface area contributed by atoms with E-state index in [0.29, 0.717) is 5.92 Å². The Bertz CT molecular complexity index is 540. The third kappa shape index (κ3) is 3.10. The number of aliphatic hydroxyl groups is 1. The summed E-state index contributed by atoms with van der Waals surface area (Å²) in [5, 5.41) is 10.4. The van der Waals surface area contributed by atoms with Gasteiger partial charge < -0.3 is 5.11 Å². The molecule has 3 rings (SSSR count). The number of benzene rings is 2. The van der Waals surface area contributed by atoms with E-state index in [2.05, 4.69) is 55.5 Å². The zero-order chi connectivity index (χ0) is 13.9. The topological polar surface area (TPSA) is 20.2 Å². The van der Waals surface area contributed by atoms with Crippen LogP contribution in [0.4, 0.5) is 0 Å². The zero-order valence-electron chi connectivity index (χ0n) is 12.0. The lowest BCUT2D eigenvalue weighted by Gasteiger charge is -2.19. The summed E-state index contributed by atoms with van der Waals surface area (Å²) in [5.41, 5.74) is 3.68. The van der Waals surface area contributed by atoms with Crippen LogP contribution in [-0.4, -0.2) is 5.11 Å². The first-order valence-corrected chi connectivity index (χ1v) is 7.55. The lowest BCUT2D eigenvalue weighted by atomic mass is 9.92. The molecule has 0 saturated heterocycles. The predicted molar refractivity (Wildman–Crippen MR) is 82.5 cm³/mol. The van der Waals surface area contributed by atoms with E-state index >= 15 is 0 Å². The first kappa shape index (κ1) is 13.4. The lowest BCUT2D eigenvalue weighted by molar-refractivity contribution is 0.106. The molecule has 1 aliphatic carbocycles. The normalized spacial score (nSPS) is 17.7. The molecule has 1 saturated carbocycles. The molecule has 1 fully saturated rings. The van der Waals surface area contributed by atoms with Crippen molar-refractivity contribution in [1.29, 1.82) is 0 Å². The average Bonchev–Trinajstić information content (AvgIpc) is 3.32. The zero-order valence-corrected chi connectivity index (χ0v) is 12.0. The second-order valence-corrected chi connectivity index (χ2v) is 6.05. The Balaban J connectivity index is 1.68. The highest BCUT2D eigenvalue weighted by atomic mass is 16.3. The first-order valence-electron chi connectivity index (χ1n) is 7.55. The van der Waals surface area contributed by atoms with Crippen molar-refractivity contribution >= 4 is 0 Å². The Kier molecular flexibility index (Phi) is 3.88. The summed E-state index contributed by atoms with van der Waals surface area (Å²) >= 11 is 0. The van der Waals surface area contributed by atoms with Gasteiger partial charge >= 0.3 is 0 Å². The maximum absolute atomic E-state index is 10.4. The van der Waals surface area contributed by atoms with Crippen molar-refractivity contribution in [2.45, 2.75) is 32.3 Å². The summed E-state index contributed by atoms with van der Waals surface area (Å²) in [5.74, 6) is 1.11. The molecule has 2 aromatic rings. The van der Waals surface area contributed by atoms with Crippen LogP contribution in [0.5, 0.6) is 0 Å². The molecule has 1 aliphatic rings. The first-order chi connectivity index (χ1) is 9.74. The predicted octanol–water partition coefficient (Wildman–Crippen LogP) is 4.36. The number of hydrogen-bond donors (Lipinski definition) is 1. The van der Waals surface area contributed by atoms with Gasteiger partial charge in [-0.2, -0.15) is 0 Å². The minimum absolute atomic E-state index is 0.312. The summed E-state index contributed by atoms with van der Waals surface area (Å²) in [6.07, 6.45) is 3.21. The van der Waals surface area contributed by atoms with Gasteiger partial charge in [0, 0.05) is 0 Å². The van der Waals surface area contributed by atoms with Crippen molar-refractivity contribution in [2.24, 2.45) is 11.8 Å². The van der Waals surface area contributed by atoms with E-state index in [9.17, 15) is 5.11 Å². The molecule has 2 unspecified atom stereocenters. The Morgan fingerprint density at radius 1 is 0.950 bits per heavy atom. The molecule has 1 heteroatoms. The van der Waals surface area contributed by atoms with Crippen molar-refractivity contribution in [3.05, 3.63) is 71.3 Å². The van der Waals surface area contributed by atoms with Gasteiger partial charge in [0.1, 0.15) is 0 Å². The standard InChI is InChI=1S/C19H22O/c1-14(17-11-12-17)19(20)18-9-7-16(8-10-18)13-15-5-3-2-4-6-15/h2-10,14,17,19-20H,11-13H2,1H3. The highest BCUT2D eigenvalue weighted by Gasteiger charge is 2.32. The van der Waals surface area contributed by atoms with Crippen molar-refractivity contribution < 1.29 is 5.11 Å². The van der Waals surface area contributed by atoms with Crippen LogP contribution in [0.25, 0.3) is 0 Å². The van der Waals surface area contributed by atoms with Crippen LogP contribution < -0.4 is 0 Å². The molecule has 104 valence electrons. The number of hydrogen-bond acceptors (Lipinski definition) is 1. The SMILES string of the molecule is CC(C1CC1)C(O)c1ccc(Cc2ccccc2)cc1. The largest absolute Gasteiger partial charge is 0.388 e. The van der Waals surface area contributed by atoms with Gasteiger partial charge in [0.15, 0.2) is 0 Å². The van der Waals surface area contributed by atoms with Crippen LogP contribution in [0.15, 0.2) is 54.6 Å². The fraction of sp³-hybridized carbons (Fsp3) is 0.368. The maximum Gasteiger partial charge on any atom is 0.0818 e. The van der Waals surface area contributed by atoms with Crippen LogP contribution in [0.3, 0.4) is 0 Å². The maximum atomic E-state index is 10.4. The van der Waals surface area contributed by atoms with Crippen molar-refractivity contribution in [2.75, 3.05) is 0 Å². The molecule has 0 radical (unpaired) electrons. The Morgan fingerprint density at radius 2 is 1.55 bits per heavy atom. The monoisotopic (exact) mass is 266 g/mol. The van der Waals surface area contributed by atoms with E-state index < -0.39 is 0 Å². The molecule has 0 spiro atoms. The van der Waals surface area contributed by atoms with Gasteiger partial charge in [-0.1, -0.05) is 61.5 Å². The quantitative estimate of drug-likeness (QED) is 0.852. The van der Waals surface area contributed by atoms with E-state index in [4.69, 9.17) is 0 Å². The molecule has 0 amide bonds. The minimum atomic E-state index is -0.312. The van der Waals surface area contributed by atoms with Gasteiger partial charge in [-0.15, -0.1) is 0 Å². The van der Waals surface area contributed by atoms with Crippen molar-refractivity contribution in [3.63, 3.8) is 0 Å². The highest BCUT2D eigenvalue weighted by molar-refractivity contribution is 5.29. The molecule has 1 N–H and O–H groups in total. The van der Waals surface area contributed by atoms with Crippen LogP contribution in [-0.2, 0) is 6.42 Å². The minimum Gasteiger partial charge on any atom is -0.388 e. The van der Waals surface area contributed by atoms with E-state index in [1.165, 1.54) is 24.0 Å². The van der Waals surface area contributed by atoms with Crippen LogP contribution in [0.2, 0.25) is 0 Å². The van der Waals surface area contributed by atoms with Crippen molar-refractivity contribution in [1.82, 2.24) is 0 Å². The Morgan fingerprint density at radius 3 is 2.15 bits per heavy atom. The summed E-state index contributed by atoms with van der Waals surface area (Å²) in [6.45, 7) is 2.17. The van der Waals surface area contributed by atoms with Gasteiger partial charge in [0.2, 0.25) is 0 Å². The average molecular weight is 266 g/mol. The van der Waals surface area contributed by atoms with E-state index in [0.717, 1.165) is 17.9 Å². The van der Waals surface area contributed by atoms with Gasteiger partial charge in [-0.05, 0) is 47.8 Å². The fourth-order valence-corrected chi connectivity index (χ4v) is 2.85. The number of rotatable bonds is 5. The molecular formula is C19H22O. The van der Waals surface area contributed by atoms with E-state index in [1.54, 1.807) is 0 Å². The number of aliphatic hydroxyl groups excluding tert-OH is 1. The van der Waals surface area contributed by atoms with Crippen LogP contribution in [0.1, 0.15) is 42.6 Å². The highest BCUT2D eigenvalue weighted by Crippen LogP contribution is 2.42. The van der Waals surface area contributed by atoms with Gasteiger partial charge in [-0.3, -0.25) is 0 Å². The third-order valence-electron chi connectivity index (χ3n) is 4.44. The lowest BCUT2D eigenvalue weighted by Crippen LogP contribution is -2.11. The molecule has 0 aromatic heterocycles. The molecule has 0 heterocycles. The van der Waals surface area contributed by atoms with E-state index in [-0.39, 0.29) is 6.10 Å². The van der Waals surface area contributed by atoms with Crippen LogP contribution in [0, 0.1) is 11.8 Å². The van der Waals surface area contributed by atoms with E-state index in [1.807, 2.05) is 6.07 Å². The smallest absolute Gasteiger partial charge is 0.0818 e. The summed E-state index contributed by atoms with van der Waals surface area (Å²) in [4.78, 5) is 0. The fourth-order valence-electron chi connectivity index (χ4n) is 2.85. The Hall–Kier alpha value is -1.60. The Labute approximate surface area is 121 Å². The van der Waals surface area contributed by atoms with Gasteiger partial charge in [-0.25, -0.2) is 0 Å². The molecule has 1 nitrogen and oxygen atoms in total. The summed E-state index contributed by atoms with van der Waals surface area (Å²) < 4.78 is 0. The molecular weight excluding hydrogens is 244 g/mol.